The molecule has 13 heavy (non-hydrogen) atoms. The molecule has 0 aromatic heterocycles. The molecule has 1 aliphatic carbocycles. The summed E-state index contributed by atoms with van der Waals surface area (Å²) in [6, 6.07) is 0.384. The van der Waals surface area contributed by atoms with Crippen molar-refractivity contribution in [1.29, 1.82) is 0 Å². The van der Waals surface area contributed by atoms with Gasteiger partial charge in [-0.1, -0.05) is 12.8 Å². The molecule has 3 nitrogen and oxygen atoms in total. The fourth-order valence-corrected chi connectivity index (χ4v) is 2.13. The maximum absolute atomic E-state index is 8.76. The molecule has 3 N–H and O–H groups in total. The minimum Gasteiger partial charge on any atom is -0.395 e. The molecule has 1 aliphatic rings. The predicted molar refractivity (Wildman–Crippen MR) is 54.5 cm³/mol. The number of hydrogen-bond donors (Lipinski definition) is 2. The molecule has 1 saturated carbocycles. The van der Waals surface area contributed by atoms with Crippen molar-refractivity contribution in [2.24, 2.45) is 11.7 Å². The van der Waals surface area contributed by atoms with Crippen LogP contribution in [-0.2, 0) is 0 Å². The highest BCUT2D eigenvalue weighted by Crippen LogP contribution is 2.23. The van der Waals surface area contributed by atoms with E-state index in [4.69, 9.17) is 10.8 Å². The van der Waals surface area contributed by atoms with Crippen LogP contribution in [0.5, 0.6) is 0 Å². The standard InChI is InChI=1S/C10H22N2O/c1-12(6-7-13)8-9-4-2-3-5-10(9)11/h9-10,13H,2-8,11H2,1H3. The lowest BCUT2D eigenvalue weighted by molar-refractivity contribution is 0.175. The lowest BCUT2D eigenvalue weighted by Crippen LogP contribution is -2.40. The molecule has 0 heterocycles. The first-order valence-electron chi connectivity index (χ1n) is 5.29. The first kappa shape index (κ1) is 11.0. The number of aliphatic hydroxyl groups excluding tert-OH is 1. The van der Waals surface area contributed by atoms with Gasteiger partial charge in [0.15, 0.2) is 0 Å². The summed E-state index contributed by atoms with van der Waals surface area (Å²) >= 11 is 0. The first-order valence-corrected chi connectivity index (χ1v) is 5.29. The summed E-state index contributed by atoms with van der Waals surface area (Å²) in [5.74, 6) is 0.644. The number of hydrogen-bond acceptors (Lipinski definition) is 3. The smallest absolute Gasteiger partial charge is 0.0558 e. The van der Waals surface area contributed by atoms with E-state index in [1.54, 1.807) is 0 Å². The molecule has 0 spiro atoms. The minimum atomic E-state index is 0.248. The number of nitrogens with zero attached hydrogens (tertiary/aromatic N) is 1. The third kappa shape index (κ3) is 3.63. The number of rotatable bonds is 4. The number of nitrogens with two attached hydrogens (primary N) is 1. The maximum atomic E-state index is 8.76. The zero-order valence-corrected chi connectivity index (χ0v) is 8.58. The molecular weight excluding hydrogens is 164 g/mol. The fraction of sp³-hybridized carbons (Fsp3) is 1.00. The van der Waals surface area contributed by atoms with Crippen molar-refractivity contribution in [2.45, 2.75) is 31.7 Å². The second-order valence-electron chi connectivity index (χ2n) is 4.19. The van der Waals surface area contributed by atoms with Gasteiger partial charge >= 0.3 is 0 Å². The fourth-order valence-electron chi connectivity index (χ4n) is 2.13. The third-order valence-corrected chi connectivity index (χ3v) is 3.00. The van der Waals surface area contributed by atoms with Gasteiger partial charge in [0.05, 0.1) is 6.61 Å². The second-order valence-corrected chi connectivity index (χ2v) is 4.19. The SMILES string of the molecule is CN(CCO)CC1CCCCC1N. The molecule has 2 atom stereocenters. The highest BCUT2D eigenvalue weighted by atomic mass is 16.3. The summed E-state index contributed by atoms with van der Waals surface area (Å²) in [5.41, 5.74) is 6.03. The lowest BCUT2D eigenvalue weighted by Gasteiger charge is -2.31. The molecule has 0 aromatic carbocycles. The molecule has 0 saturated heterocycles. The van der Waals surface area contributed by atoms with Crippen LogP contribution in [0.25, 0.3) is 0 Å². The van der Waals surface area contributed by atoms with Gasteiger partial charge in [-0.15, -0.1) is 0 Å². The van der Waals surface area contributed by atoms with Gasteiger partial charge in [0, 0.05) is 19.1 Å². The number of aliphatic hydroxyl groups is 1. The van der Waals surface area contributed by atoms with Crippen LogP contribution < -0.4 is 5.73 Å². The largest absolute Gasteiger partial charge is 0.395 e. The minimum absolute atomic E-state index is 0.248. The van der Waals surface area contributed by atoms with E-state index in [-0.39, 0.29) is 6.61 Å². The van der Waals surface area contributed by atoms with E-state index in [9.17, 15) is 0 Å². The quantitative estimate of drug-likeness (QED) is 0.669. The first-order chi connectivity index (χ1) is 6.24. The van der Waals surface area contributed by atoms with Crippen LogP contribution >= 0.6 is 0 Å². The summed E-state index contributed by atoms with van der Waals surface area (Å²) in [7, 11) is 2.05. The van der Waals surface area contributed by atoms with Gasteiger partial charge in [-0.3, -0.25) is 0 Å². The lowest BCUT2D eigenvalue weighted by atomic mass is 9.85. The molecule has 0 aromatic rings. The van der Waals surface area contributed by atoms with E-state index >= 15 is 0 Å². The molecule has 3 heteroatoms. The van der Waals surface area contributed by atoms with E-state index in [2.05, 4.69) is 11.9 Å². The highest BCUT2D eigenvalue weighted by Gasteiger charge is 2.22. The molecule has 2 unspecified atom stereocenters. The van der Waals surface area contributed by atoms with E-state index in [0.717, 1.165) is 13.1 Å². The van der Waals surface area contributed by atoms with Crippen LogP contribution in [0.4, 0.5) is 0 Å². The zero-order valence-electron chi connectivity index (χ0n) is 8.58. The third-order valence-electron chi connectivity index (χ3n) is 3.00. The number of likely N-dealkylation sites (N-methyl/N-ethyl adjacent to an activating group) is 1. The van der Waals surface area contributed by atoms with Gasteiger partial charge in [0.2, 0.25) is 0 Å². The molecule has 0 aliphatic heterocycles. The highest BCUT2D eigenvalue weighted by molar-refractivity contribution is 4.79. The van der Waals surface area contributed by atoms with E-state index in [1.165, 1.54) is 25.7 Å². The van der Waals surface area contributed by atoms with Crippen LogP contribution in [0.15, 0.2) is 0 Å². The van der Waals surface area contributed by atoms with Crippen molar-refractivity contribution in [3.63, 3.8) is 0 Å². The summed E-state index contributed by atoms with van der Waals surface area (Å²) in [6.07, 6.45) is 5.06. The van der Waals surface area contributed by atoms with E-state index in [1.807, 2.05) is 0 Å². The summed E-state index contributed by atoms with van der Waals surface area (Å²) in [4.78, 5) is 2.18. The Morgan fingerprint density at radius 1 is 1.38 bits per heavy atom. The topological polar surface area (TPSA) is 49.5 Å². The molecule has 0 bridgehead atoms. The Balaban J connectivity index is 2.25. The Morgan fingerprint density at radius 3 is 2.69 bits per heavy atom. The van der Waals surface area contributed by atoms with Gasteiger partial charge in [-0.2, -0.15) is 0 Å². The van der Waals surface area contributed by atoms with Crippen LogP contribution in [0, 0.1) is 5.92 Å². The van der Waals surface area contributed by atoms with Gasteiger partial charge in [-0.05, 0) is 25.8 Å². The van der Waals surface area contributed by atoms with Crippen molar-refractivity contribution in [1.82, 2.24) is 4.90 Å². The van der Waals surface area contributed by atoms with Crippen molar-refractivity contribution < 1.29 is 5.11 Å². The zero-order chi connectivity index (χ0) is 9.68. The Kier molecular flexibility index (Phi) is 4.70. The van der Waals surface area contributed by atoms with Crippen LogP contribution in [0.1, 0.15) is 25.7 Å². The molecule has 0 radical (unpaired) electrons. The Labute approximate surface area is 80.9 Å². The van der Waals surface area contributed by atoms with Crippen LogP contribution in [-0.4, -0.2) is 42.8 Å². The molecule has 1 rings (SSSR count). The molecular formula is C10H22N2O. The van der Waals surface area contributed by atoms with Crippen molar-refractivity contribution >= 4 is 0 Å². The average Bonchev–Trinajstić information content (AvgIpc) is 2.09. The molecule has 1 fully saturated rings. The van der Waals surface area contributed by atoms with Crippen molar-refractivity contribution in [3.05, 3.63) is 0 Å². The Bertz CT molecular complexity index is 141. The van der Waals surface area contributed by atoms with Gasteiger partial charge < -0.3 is 15.7 Å². The Hall–Kier alpha value is -0.120. The summed E-state index contributed by atoms with van der Waals surface area (Å²) in [5, 5.41) is 8.76. The molecule has 78 valence electrons. The van der Waals surface area contributed by atoms with Gasteiger partial charge in [0.1, 0.15) is 0 Å². The second kappa shape index (κ2) is 5.58. The monoisotopic (exact) mass is 186 g/mol. The van der Waals surface area contributed by atoms with Crippen LogP contribution in [0.3, 0.4) is 0 Å². The predicted octanol–water partition coefficient (Wildman–Crippen LogP) is 0.428. The summed E-state index contributed by atoms with van der Waals surface area (Å²) in [6.45, 7) is 2.06. The van der Waals surface area contributed by atoms with Crippen molar-refractivity contribution in [3.8, 4) is 0 Å². The van der Waals surface area contributed by atoms with E-state index in [0.29, 0.717) is 12.0 Å². The van der Waals surface area contributed by atoms with Gasteiger partial charge in [0.25, 0.3) is 0 Å². The van der Waals surface area contributed by atoms with Crippen LogP contribution in [0.2, 0.25) is 0 Å². The molecule has 0 amide bonds. The normalized spacial score (nSPS) is 29.5. The average molecular weight is 186 g/mol. The summed E-state index contributed by atoms with van der Waals surface area (Å²) < 4.78 is 0. The maximum Gasteiger partial charge on any atom is 0.0558 e. The Morgan fingerprint density at radius 2 is 2.08 bits per heavy atom. The van der Waals surface area contributed by atoms with Gasteiger partial charge in [-0.25, -0.2) is 0 Å². The van der Waals surface area contributed by atoms with Crippen molar-refractivity contribution in [2.75, 3.05) is 26.7 Å². The van der Waals surface area contributed by atoms with E-state index < -0.39 is 0 Å².